The van der Waals surface area contributed by atoms with E-state index < -0.39 is 6.61 Å². The molecule has 1 N–H and O–H groups in total. The van der Waals surface area contributed by atoms with Gasteiger partial charge in [0, 0.05) is 5.69 Å². The van der Waals surface area contributed by atoms with E-state index in [0.717, 1.165) is 22.4 Å². The number of ether oxygens (including phenoxy) is 1. The van der Waals surface area contributed by atoms with Crippen LogP contribution in [-0.4, -0.2) is 12.5 Å². The number of aryl methyl sites for hydroxylation is 1. The highest BCUT2D eigenvalue weighted by atomic mass is 19.3. The van der Waals surface area contributed by atoms with Gasteiger partial charge in [-0.25, -0.2) is 0 Å². The second-order valence-electron chi connectivity index (χ2n) is 4.99. The molecular formula is C17H17F2NO2. The first kappa shape index (κ1) is 15.9. The molecule has 3 nitrogen and oxygen atoms in total. The van der Waals surface area contributed by atoms with E-state index in [1.165, 1.54) is 12.1 Å². The van der Waals surface area contributed by atoms with Gasteiger partial charge in [-0.3, -0.25) is 4.79 Å². The molecule has 2 rings (SSSR count). The van der Waals surface area contributed by atoms with Gasteiger partial charge in [0.2, 0.25) is 5.91 Å². The minimum absolute atomic E-state index is 0.0775. The molecule has 0 atom stereocenters. The Morgan fingerprint density at radius 1 is 1.14 bits per heavy atom. The number of rotatable bonds is 5. The fourth-order valence-electron chi connectivity index (χ4n) is 2.06. The number of nitrogens with one attached hydrogen (secondary N) is 1. The molecule has 0 bridgehead atoms. The van der Waals surface area contributed by atoms with E-state index in [1.54, 1.807) is 12.1 Å². The Hall–Kier alpha value is -2.43. The second kappa shape index (κ2) is 7.02. The molecule has 1 amide bonds. The Bertz CT molecular complexity index is 654. The molecule has 2 aromatic rings. The predicted molar refractivity (Wildman–Crippen MR) is 81.3 cm³/mol. The number of amides is 1. The molecule has 0 aromatic heterocycles. The van der Waals surface area contributed by atoms with Crippen molar-refractivity contribution in [2.24, 2.45) is 0 Å². The molecule has 0 radical (unpaired) electrons. The first-order chi connectivity index (χ1) is 10.5. The van der Waals surface area contributed by atoms with Crippen molar-refractivity contribution in [3.8, 4) is 5.75 Å². The van der Waals surface area contributed by atoms with E-state index >= 15 is 0 Å². The van der Waals surface area contributed by atoms with E-state index in [9.17, 15) is 13.6 Å². The van der Waals surface area contributed by atoms with Crippen LogP contribution in [0.25, 0.3) is 0 Å². The van der Waals surface area contributed by atoms with Crippen molar-refractivity contribution in [3.05, 3.63) is 59.2 Å². The number of carbonyl (C=O) groups excluding carboxylic acids is 1. The number of halogens is 2. The molecule has 22 heavy (non-hydrogen) atoms. The minimum Gasteiger partial charge on any atom is -0.435 e. The molecule has 0 unspecified atom stereocenters. The SMILES string of the molecule is Cc1cccc(NC(=O)Cc2ccc(OC(F)F)cc2)c1C. The van der Waals surface area contributed by atoms with Gasteiger partial charge in [0.05, 0.1) is 6.42 Å². The van der Waals surface area contributed by atoms with Crippen LogP contribution >= 0.6 is 0 Å². The van der Waals surface area contributed by atoms with Crippen molar-refractivity contribution in [2.75, 3.05) is 5.32 Å². The number of carbonyl (C=O) groups is 1. The Kier molecular flexibility index (Phi) is 5.09. The third-order valence-corrected chi connectivity index (χ3v) is 3.39. The maximum Gasteiger partial charge on any atom is 0.387 e. The highest BCUT2D eigenvalue weighted by molar-refractivity contribution is 5.93. The zero-order chi connectivity index (χ0) is 16.1. The zero-order valence-electron chi connectivity index (χ0n) is 12.4. The van der Waals surface area contributed by atoms with Gasteiger partial charge in [-0.05, 0) is 48.7 Å². The third-order valence-electron chi connectivity index (χ3n) is 3.39. The quantitative estimate of drug-likeness (QED) is 0.903. The van der Waals surface area contributed by atoms with Crippen LogP contribution in [0.2, 0.25) is 0 Å². The van der Waals surface area contributed by atoms with Crippen molar-refractivity contribution < 1.29 is 18.3 Å². The molecule has 0 aliphatic carbocycles. The Morgan fingerprint density at radius 3 is 2.45 bits per heavy atom. The monoisotopic (exact) mass is 305 g/mol. The normalized spacial score (nSPS) is 10.6. The van der Waals surface area contributed by atoms with E-state index in [0.29, 0.717) is 0 Å². The van der Waals surface area contributed by atoms with Gasteiger partial charge in [-0.15, -0.1) is 0 Å². The Morgan fingerprint density at radius 2 is 1.82 bits per heavy atom. The standard InChI is InChI=1S/C17H17F2NO2/c1-11-4-3-5-15(12(11)2)20-16(21)10-13-6-8-14(9-7-13)22-17(18)19/h3-9,17H,10H2,1-2H3,(H,20,21). The third kappa shape index (κ3) is 4.28. The summed E-state index contributed by atoms with van der Waals surface area (Å²) in [6.45, 7) is 1.08. The molecular weight excluding hydrogens is 288 g/mol. The van der Waals surface area contributed by atoms with Gasteiger partial charge >= 0.3 is 6.61 Å². The fourth-order valence-corrected chi connectivity index (χ4v) is 2.06. The number of alkyl halides is 2. The van der Waals surface area contributed by atoms with Crippen LogP contribution in [0.15, 0.2) is 42.5 Å². The smallest absolute Gasteiger partial charge is 0.387 e. The lowest BCUT2D eigenvalue weighted by Crippen LogP contribution is -2.15. The van der Waals surface area contributed by atoms with E-state index in [-0.39, 0.29) is 18.1 Å². The van der Waals surface area contributed by atoms with Crippen molar-refractivity contribution in [1.29, 1.82) is 0 Å². The summed E-state index contributed by atoms with van der Waals surface area (Å²) < 4.78 is 28.4. The van der Waals surface area contributed by atoms with Gasteiger partial charge in [-0.1, -0.05) is 24.3 Å². The summed E-state index contributed by atoms with van der Waals surface area (Å²) in [5.74, 6) is -0.0788. The summed E-state index contributed by atoms with van der Waals surface area (Å²) in [5.41, 5.74) is 3.63. The lowest BCUT2D eigenvalue weighted by Gasteiger charge is -2.10. The fraction of sp³-hybridized carbons (Fsp3) is 0.235. The van der Waals surface area contributed by atoms with Crippen LogP contribution in [-0.2, 0) is 11.2 Å². The Balaban J connectivity index is 1.98. The van der Waals surface area contributed by atoms with Gasteiger partial charge in [0.1, 0.15) is 5.75 Å². The van der Waals surface area contributed by atoms with Crippen LogP contribution in [0.5, 0.6) is 5.75 Å². The zero-order valence-corrected chi connectivity index (χ0v) is 12.4. The highest BCUT2D eigenvalue weighted by Gasteiger charge is 2.08. The maximum atomic E-state index is 12.1. The van der Waals surface area contributed by atoms with E-state index in [4.69, 9.17) is 0 Å². The first-order valence-electron chi connectivity index (χ1n) is 6.85. The number of benzene rings is 2. The predicted octanol–water partition coefficient (Wildman–Crippen LogP) is 4.09. The number of hydrogen-bond acceptors (Lipinski definition) is 2. The number of hydrogen-bond donors (Lipinski definition) is 1. The van der Waals surface area contributed by atoms with Crippen LogP contribution in [0.4, 0.5) is 14.5 Å². The highest BCUT2D eigenvalue weighted by Crippen LogP contribution is 2.19. The van der Waals surface area contributed by atoms with Crippen molar-refractivity contribution in [3.63, 3.8) is 0 Å². The lowest BCUT2D eigenvalue weighted by molar-refractivity contribution is -0.115. The van der Waals surface area contributed by atoms with E-state index in [2.05, 4.69) is 10.1 Å². The average Bonchev–Trinajstić information content (AvgIpc) is 2.45. The summed E-state index contributed by atoms with van der Waals surface area (Å²) in [6, 6.07) is 11.8. The summed E-state index contributed by atoms with van der Waals surface area (Å²) >= 11 is 0. The summed E-state index contributed by atoms with van der Waals surface area (Å²) in [7, 11) is 0. The molecule has 0 saturated heterocycles. The van der Waals surface area contributed by atoms with Crippen molar-refractivity contribution in [2.45, 2.75) is 26.9 Å². The lowest BCUT2D eigenvalue weighted by atomic mass is 10.1. The van der Waals surface area contributed by atoms with Crippen LogP contribution in [0, 0.1) is 13.8 Å². The molecule has 0 saturated carbocycles. The minimum atomic E-state index is -2.85. The molecule has 5 heteroatoms. The van der Waals surface area contributed by atoms with Gasteiger partial charge in [0.15, 0.2) is 0 Å². The molecule has 0 spiro atoms. The molecule has 0 aliphatic heterocycles. The van der Waals surface area contributed by atoms with Crippen LogP contribution in [0.1, 0.15) is 16.7 Å². The number of anilines is 1. The summed E-state index contributed by atoms with van der Waals surface area (Å²) in [5, 5.41) is 2.86. The van der Waals surface area contributed by atoms with Crippen LogP contribution < -0.4 is 10.1 Å². The molecule has 2 aromatic carbocycles. The van der Waals surface area contributed by atoms with Gasteiger partial charge < -0.3 is 10.1 Å². The molecule has 0 fully saturated rings. The summed E-state index contributed by atoms with van der Waals surface area (Å²) in [4.78, 5) is 12.0. The first-order valence-corrected chi connectivity index (χ1v) is 6.85. The Labute approximate surface area is 127 Å². The van der Waals surface area contributed by atoms with Crippen molar-refractivity contribution >= 4 is 11.6 Å². The van der Waals surface area contributed by atoms with Crippen LogP contribution in [0.3, 0.4) is 0 Å². The van der Waals surface area contributed by atoms with Gasteiger partial charge in [-0.2, -0.15) is 8.78 Å². The molecule has 0 heterocycles. The van der Waals surface area contributed by atoms with E-state index in [1.807, 2.05) is 32.0 Å². The molecule has 0 aliphatic rings. The largest absolute Gasteiger partial charge is 0.435 e. The topological polar surface area (TPSA) is 38.3 Å². The second-order valence-corrected chi connectivity index (χ2v) is 4.99. The maximum absolute atomic E-state index is 12.1. The summed E-state index contributed by atoms with van der Waals surface area (Å²) in [6.07, 6.45) is 0.169. The van der Waals surface area contributed by atoms with Gasteiger partial charge in [0.25, 0.3) is 0 Å². The average molecular weight is 305 g/mol. The molecule has 116 valence electrons. The van der Waals surface area contributed by atoms with Crippen molar-refractivity contribution in [1.82, 2.24) is 0 Å².